The maximum absolute atomic E-state index is 11.9. The Hall–Kier alpha value is -1.55. The molecule has 1 saturated heterocycles. The van der Waals surface area contributed by atoms with E-state index in [4.69, 9.17) is 0 Å². The molecule has 0 saturated carbocycles. The highest BCUT2D eigenvalue weighted by Gasteiger charge is 2.22. The Labute approximate surface area is 101 Å². The lowest BCUT2D eigenvalue weighted by molar-refractivity contribution is -0.117. The van der Waals surface area contributed by atoms with E-state index in [9.17, 15) is 9.90 Å². The van der Waals surface area contributed by atoms with Crippen LogP contribution in [0.15, 0.2) is 12.1 Å². The topological polar surface area (TPSA) is 61.4 Å². The van der Waals surface area contributed by atoms with Crippen LogP contribution in [0.25, 0.3) is 0 Å². The maximum atomic E-state index is 11.9. The molecule has 1 fully saturated rings. The molecule has 1 heterocycles. The maximum Gasteiger partial charge on any atom is 0.241 e. The number of hydrogen-bond acceptors (Lipinski definition) is 3. The van der Waals surface area contributed by atoms with Gasteiger partial charge in [-0.05, 0) is 56.5 Å². The van der Waals surface area contributed by atoms with Gasteiger partial charge < -0.3 is 15.7 Å². The Kier molecular flexibility index (Phi) is 3.33. The Balaban J connectivity index is 2.12. The molecule has 4 nitrogen and oxygen atoms in total. The van der Waals surface area contributed by atoms with Crippen LogP contribution in [0.1, 0.15) is 24.0 Å². The average molecular weight is 234 g/mol. The molecule has 0 spiro atoms. The van der Waals surface area contributed by atoms with Crippen molar-refractivity contribution in [3.05, 3.63) is 23.3 Å². The number of carbonyl (C=O) groups excluding carboxylic acids is 1. The van der Waals surface area contributed by atoms with Gasteiger partial charge in [-0.2, -0.15) is 0 Å². The zero-order valence-electron chi connectivity index (χ0n) is 10.2. The van der Waals surface area contributed by atoms with Crippen LogP contribution >= 0.6 is 0 Å². The van der Waals surface area contributed by atoms with Gasteiger partial charge in [0.05, 0.1) is 6.04 Å². The van der Waals surface area contributed by atoms with Crippen molar-refractivity contribution in [1.82, 2.24) is 5.32 Å². The molecule has 4 heteroatoms. The van der Waals surface area contributed by atoms with Crippen LogP contribution in [0, 0.1) is 13.8 Å². The van der Waals surface area contributed by atoms with Gasteiger partial charge in [-0.1, -0.05) is 0 Å². The van der Waals surface area contributed by atoms with E-state index in [2.05, 4.69) is 10.6 Å². The summed E-state index contributed by atoms with van der Waals surface area (Å²) in [4.78, 5) is 11.9. The first-order chi connectivity index (χ1) is 8.08. The van der Waals surface area contributed by atoms with Gasteiger partial charge in [0.2, 0.25) is 5.91 Å². The highest BCUT2D eigenvalue weighted by molar-refractivity contribution is 5.95. The van der Waals surface area contributed by atoms with Crippen LogP contribution in [0.3, 0.4) is 0 Å². The first kappa shape index (κ1) is 11.9. The molecule has 1 aromatic rings. The van der Waals surface area contributed by atoms with Crippen molar-refractivity contribution in [2.45, 2.75) is 32.7 Å². The average Bonchev–Trinajstić information content (AvgIpc) is 2.79. The standard InChI is InChI=1S/C13H18N2O2/c1-8-7-12(16)9(2)6-11(8)15-13(17)10-4-3-5-14-10/h6-7,10,14,16H,3-5H2,1-2H3,(H,15,17)/t10-/m0/s1. The minimum atomic E-state index is -0.0801. The van der Waals surface area contributed by atoms with Crippen molar-refractivity contribution in [3.8, 4) is 5.75 Å². The number of carbonyl (C=O) groups is 1. The smallest absolute Gasteiger partial charge is 0.241 e. The summed E-state index contributed by atoms with van der Waals surface area (Å²) in [5.41, 5.74) is 2.42. The van der Waals surface area contributed by atoms with E-state index in [0.717, 1.165) is 36.2 Å². The van der Waals surface area contributed by atoms with E-state index in [-0.39, 0.29) is 17.7 Å². The van der Waals surface area contributed by atoms with Crippen LogP contribution in [-0.2, 0) is 4.79 Å². The fourth-order valence-corrected chi connectivity index (χ4v) is 2.06. The molecule has 1 aromatic carbocycles. The number of aryl methyl sites for hydroxylation is 2. The van der Waals surface area contributed by atoms with E-state index in [1.165, 1.54) is 0 Å². The largest absolute Gasteiger partial charge is 0.508 e. The summed E-state index contributed by atoms with van der Waals surface area (Å²) in [5, 5.41) is 15.6. The molecular weight excluding hydrogens is 216 g/mol. The summed E-state index contributed by atoms with van der Waals surface area (Å²) in [6, 6.07) is 3.40. The lowest BCUT2D eigenvalue weighted by Crippen LogP contribution is -2.35. The number of amides is 1. The number of phenols is 1. The molecule has 0 radical (unpaired) electrons. The van der Waals surface area contributed by atoms with Gasteiger partial charge in [-0.25, -0.2) is 0 Å². The number of phenolic OH excluding ortho intramolecular Hbond substituents is 1. The van der Waals surface area contributed by atoms with E-state index < -0.39 is 0 Å². The molecule has 0 aliphatic carbocycles. The fourth-order valence-electron chi connectivity index (χ4n) is 2.06. The number of rotatable bonds is 2. The molecule has 17 heavy (non-hydrogen) atoms. The van der Waals surface area contributed by atoms with Gasteiger partial charge in [0.1, 0.15) is 5.75 Å². The highest BCUT2D eigenvalue weighted by atomic mass is 16.3. The predicted molar refractivity (Wildman–Crippen MR) is 67.2 cm³/mol. The van der Waals surface area contributed by atoms with E-state index in [0.29, 0.717) is 0 Å². The third-order valence-corrected chi connectivity index (χ3v) is 3.18. The van der Waals surface area contributed by atoms with Crippen molar-refractivity contribution < 1.29 is 9.90 Å². The molecule has 1 amide bonds. The first-order valence-corrected chi connectivity index (χ1v) is 5.92. The summed E-state index contributed by atoms with van der Waals surface area (Å²) < 4.78 is 0. The summed E-state index contributed by atoms with van der Waals surface area (Å²) >= 11 is 0. The third kappa shape index (κ3) is 2.58. The quantitative estimate of drug-likeness (QED) is 0.682. The number of nitrogens with one attached hydrogen (secondary N) is 2. The van der Waals surface area contributed by atoms with Crippen molar-refractivity contribution >= 4 is 11.6 Å². The number of aromatic hydroxyl groups is 1. The minimum Gasteiger partial charge on any atom is -0.508 e. The molecular formula is C13H18N2O2. The predicted octanol–water partition coefficient (Wildman–Crippen LogP) is 1.70. The van der Waals surface area contributed by atoms with Gasteiger partial charge in [-0.3, -0.25) is 4.79 Å². The number of benzene rings is 1. The Morgan fingerprint density at radius 3 is 2.82 bits per heavy atom. The number of anilines is 1. The van der Waals surface area contributed by atoms with Crippen molar-refractivity contribution in [1.29, 1.82) is 0 Å². The molecule has 1 aliphatic heterocycles. The number of hydrogen-bond donors (Lipinski definition) is 3. The van der Waals surface area contributed by atoms with E-state index in [1.54, 1.807) is 12.1 Å². The minimum absolute atomic E-state index is 0.00990. The lowest BCUT2D eigenvalue weighted by atomic mass is 10.1. The second kappa shape index (κ2) is 4.75. The highest BCUT2D eigenvalue weighted by Crippen LogP contribution is 2.25. The fraction of sp³-hybridized carbons (Fsp3) is 0.462. The molecule has 1 aliphatic rings. The molecule has 0 bridgehead atoms. The first-order valence-electron chi connectivity index (χ1n) is 5.92. The molecule has 2 rings (SSSR count). The monoisotopic (exact) mass is 234 g/mol. The molecule has 0 aromatic heterocycles. The van der Waals surface area contributed by atoms with Crippen molar-refractivity contribution in [3.63, 3.8) is 0 Å². The molecule has 92 valence electrons. The van der Waals surface area contributed by atoms with Crippen LogP contribution in [0.4, 0.5) is 5.69 Å². The van der Waals surface area contributed by atoms with Crippen molar-refractivity contribution in [2.75, 3.05) is 11.9 Å². The SMILES string of the molecule is Cc1cc(NC(=O)[C@@H]2CCCN2)c(C)cc1O. The van der Waals surface area contributed by atoms with Crippen LogP contribution in [-0.4, -0.2) is 23.6 Å². The molecule has 3 N–H and O–H groups in total. The van der Waals surface area contributed by atoms with Crippen molar-refractivity contribution in [2.24, 2.45) is 0 Å². The summed E-state index contributed by atoms with van der Waals surface area (Å²) in [5.74, 6) is 0.273. The van der Waals surface area contributed by atoms with Gasteiger partial charge in [-0.15, -0.1) is 0 Å². The summed E-state index contributed by atoms with van der Waals surface area (Å²) in [7, 11) is 0. The van der Waals surface area contributed by atoms with E-state index >= 15 is 0 Å². The third-order valence-electron chi connectivity index (χ3n) is 3.18. The van der Waals surface area contributed by atoms with Gasteiger partial charge >= 0.3 is 0 Å². The van der Waals surface area contributed by atoms with Gasteiger partial charge in [0.15, 0.2) is 0 Å². The second-order valence-corrected chi connectivity index (χ2v) is 4.59. The van der Waals surface area contributed by atoms with Crippen LogP contribution in [0.2, 0.25) is 0 Å². The summed E-state index contributed by atoms with van der Waals surface area (Å²) in [6.07, 6.45) is 1.94. The molecule has 1 atom stereocenters. The van der Waals surface area contributed by atoms with Crippen LogP contribution < -0.4 is 10.6 Å². The van der Waals surface area contributed by atoms with E-state index in [1.807, 2.05) is 13.8 Å². The second-order valence-electron chi connectivity index (χ2n) is 4.59. The zero-order chi connectivity index (χ0) is 12.4. The Morgan fingerprint density at radius 2 is 2.18 bits per heavy atom. The normalized spacial score (nSPS) is 19.3. The Bertz CT molecular complexity index is 437. The lowest BCUT2D eigenvalue weighted by Gasteiger charge is -2.14. The summed E-state index contributed by atoms with van der Waals surface area (Å²) in [6.45, 7) is 4.60. The zero-order valence-corrected chi connectivity index (χ0v) is 10.2. The molecule has 0 unspecified atom stereocenters. The van der Waals surface area contributed by atoms with Gasteiger partial charge in [0, 0.05) is 5.69 Å². The van der Waals surface area contributed by atoms with Crippen LogP contribution in [0.5, 0.6) is 5.75 Å². The van der Waals surface area contributed by atoms with Gasteiger partial charge in [0.25, 0.3) is 0 Å². The Morgan fingerprint density at radius 1 is 1.41 bits per heavy atom.